The Morgan fingerprint density at radius 2 is 1.81 bits per heavy atom. The van der Waals surface area contributed by atoms with Crippen molar-refractivity contribution < 1.29 is 9.50 Å². The molecule has 2 N–H and O–H groups in total. The van der Waals surface area contributed by atoms with Gasteiger partial charge in [-0.15, -0.1) is 0 Å². The van der Waals surface area contributed by atoms with E-state index in [1.807, 2.05) is 24.3 Å². The summed E-state index contributed by atoms with van der Waals surface area (Å²) in [6, 6.07) is 12.3. The van der Waals surface area contributed by atoms with E-state index in [1.165, 1.54) is 12.1 Å². The molecule has 0 aliphatic carbocycles. The van der Waals surface area contributed by atoms with Gasteiger partial charge in [0.05, 0.1) is 0 Å². The highest BCUT2D eigenvalue weighted by Gasteiger charge is 2.15. The number of benzene rings is 2. The van der Waals surface area contributed by atoms with E-state index in [1.54, 1.807) is 6.07 Å². The monoisotopic (exact) mass is 307 g/mol. The predicted molar refractivity (Wildman–Crippen MR) is 83.9 cm³/mol. The van der Waals surface area contributed by atoms with Gasteiger partial charge >= 0.3 is 0 Å². The van der Waals surface area contributed by atoms with Gasteiger partial charge < -0.3 is 10.4 Å². The summed E-state index contributed by atoms with van der Waals surface area (Å²) >= 11 is 5.92. The van der Waals surface area contributed by atoms with E-state index in [0.29, 0.717) is 17.5 Å². The molecule has 0 fully saturated rings. The molecule has 0 spiro atoms. The molecule has 0 heterocycles. The van der Waals surface area contributed by atoms with Crippen LogP contribution in [0.15, 0.2) is 42.5 Å². The summed E-state index contributed by atoms with van der Waals surface area (Å²) in [6.07, 6.45) is 0. The summed E-state index contributed by atoms with van der Waals surface area (Å²) in [5.41, 5.74) is 1.94. The van der Waals surface area contributed by atoms with Crippen LogP contribution in [0.4, 0.5) is 4.39 Å². The van der Waals surface area contributed by atoms with Crippen LogP contribution >= 0.6 is 11.6 Å². The van der Waals surface area contributed by atoms with Crippen LogP contribution < -0.4 is 5.32 Å². The highest BCUT2D eigenvalue weighted by atomic mass is 35.5. The van der Waals surface area contributed by atoms with Gasteiger partial charge in [0.2, 0.25) is 0 Å². The first kappa shape index (κ1) is 15.8. The zero-order valence-electron chi connectivity index (χ0n) is 12.1. The van der Waals surface area contributed by atoms with Crippen molar-refractivity contribution in [2.75, 3.05) is 0 Å². The highest BCUT2D eigenvalue weighted by molar-refractivity contribution is 6.30. The third-order valence-corrected chi connectivity index (χ3v) is 3.69. The number of rotatable bonds is 5. The molecule has 4 heteroatoms. The van der Waals surface area contributed by atoms with Gasteiger partial charge in [-0.25, -0.2) is 4.39 Å². The number of nitrogens with one attached hydrogen (secondary N) is 1. The van der Waals surface area contributed by atoms with E-state index in [-0.39, 0.29) is 11.8 Å². The van der Waals surface area contributed by atoms with Crippen LogP contribution in [0.25, 0.3) is 0 Å². The summed E-state index contributed by atoms with van der Waals surface area (Å²) in [4.78, 5) is 0. The highest BCUT2D eigenvalue weighted by Crippen LogP contribution is 2.24. The van der Waals surface area contributed by atoms with Crippen LogP contribution in [0.2, 0.25) is 5.02 Å². The molecule has 0 bridgehead atoms. The van der Waals surface area contributed by atoms with Crippen molar-refractivity contribution in [2.45, 2.75) is 26.4 Å². The summed E-state index contributed by atoms with van der Waals surface area (Å²) < 4.78 is 13.3. The number of phenols is 1. The lowest BCUT2D eigenvalue weighted by Gasteiger charge is -2.23. The molecule has 0 saturated heterocycles. The van der Waals surface area contributed by atoms with Crippen molar-refractivity contribution >= 4 is 11.6 Å². The van der Waals surface area contributed by atoms with E-state index < -0.39 is 5.82 Å². The maximum Gasteiger partial charge on any atom is 0.165 e. The normalized spacial score (nSPS) is 12.6. The lowest BCUT2D eigenvalue weighted by atomic mass is 9.96. The smallest absolute Gasteiger partial charge is 0.165 e. The Morgan fingerprint density at radius 3 is 2.38 bits per heavy atom. The molecule has 112 valence electrons. The summed E-state index contributed by atoms with van der Waals surface area (Å²) in [5, 5.41) is 13.3. The van der Waals surface area contributed by atoms with Crippen LogP contribution in [-0.4, -0.2) is 5.11 Å². The van der Waals surface area contributed by atoms with Crippen LogP contribution in [0.5, 0.6) is 5.75 Å². The fourth-order valence-corrected chi connectivity index (χ4v) is 2.42. The molecule has 0 amide bonds. The van der Waals surface area contributed by atoms with Gasteiger partial charge in [0.25, 0.3) is 0 Å². The number of halogens is 2. The Balaban J connectivity index is 2.09. The molecule has 0 radical (unpaired) electrons. The van der Waals surface area contributed by atoms with Crippen LogP contribution in [-0.2, 0) is 6.54 Å². The first-order chi connectivity index (χ1) is 9.97. The van der Waals surface area contributed by atoms with Gasteiger partial charge in [-0.1, -0.05) is 43.6 Å². The average molecular weight is 308 g/mol. The Hall–Kier alpha value is -1.58. The maximum absolute atomic E-state index is 13.3. The number of aromatic hydroxyl groups is 1. The Bertz CT molecular complexity index is 598. The average Bonchev–Trinajstić information content (AvgIpc) is 2.44. The second kappa shape index (κ2) is 6.92. The van der Waals surface area contributed by atoms with E-state index in [4.69, 9.17) is 11.6 Å². The van der Waals surface area contributed by atoms with Crippen molar-refractivity contribution in [2.24, 2.45) is 5.92 Å². The third-order valence-electron chi connectivity index (χ3n) is 3.43. The Labute approximate surface area is 129 Å². The summed E-state index contributed by atoms with van der Waals surface area (Å²) in [5.74, 6) is -0.535. The van der Waals surface area contributed by atoms with Crippen LogP contribution in [0.1, 0.15) is 31.0 Å². The van der Waals surface area contributed by atoms with Crippen molar-refractivity contribution in [3.05, 3.63) is 64.4 Å². The number of hydrogen-bond donors (Lipinski definition) is 2. The summed E-state index contributed by atoms with van der Waals surface area (Å²) in [6.45, 7) is 4.79. The summed E-state index contributed by atoms with van der Waals surface area (Å²) in [7, 11) is 0. The van der Waals surface area contributed by atoms with Gasteiger partial charge in [0.15, 0.2) is 11.6 Å². The first-order valence-corrected chi connectivity index (χ1v) is 7.31. The molecule has 1 atom stereocenters. The largest absolute Gasteiger partial charge is 0.505 e. The fraction of sp³-hybridized carbons (Fsp3) is 0.294. The second-order valence-corrected chi connectivity index (χ2v) is 5.88. The van der Waals surface area contributed by atoms with Gasteiger partial charge in [-0.2, -0.15) is 0 Å². The van der Waals surface area contributed by atoms with Crippen LogP contribution in [0.3, 0.4) is 0 Å². The molecule has 2 aromatic rings. The standard InChI is InChI=1S/C17H19ClFNO/c1-11(2)17(13-4-6-14(18)7-5-13)20-10-12-3-8-16(21)15(19)9-12/h3-9,11,17,20-21H,10H2,1-2H3. The maximum atomic E-state index is 13.3. The topological polar surface area (TPSA) is 32.3 Å². The molecule has 2 rings (SSSR count). The molecule has 0 saturated carbocycles. The van der Waals surface area contributed by atoms with Gasteiger partial charge in [0.1, 0.15) is 0 Å². The molecule has 1 unspecified atom stereocenters. The second-order valence-electron chi connectivity index (χ2n) is 5.44. The molecule has 2 nitrogen and oxygen atoms in total. The van der Waals surface area contributed by atoms with E-state index in [9.17, 15) is 9.50 Å². The van der Waals surface area contributed by atoms with Crippen molar-refractivity contribution in [1.82, 2.24) is 5.32 Å². The molecular weight excluding hydrogens is 289 g/mol. The van der Waals surface area contributed by atoms with E-state index in [0.717, 1.165) is 11.1 Å². The molecular formula is C17H19ClFNO. The Kier molecular flexibility index (Phi) is 5.21. The zero-order chi connectivity index (χ0) is 15.4. The SMILES string of the molecule is CC(C)C(NCc1ccc(O)c(F)c1)c1ccc(Cl)cc1. The molecule has 0 aliphatic heterocycles. The fourth-order valence-electron chi connectivity index (χ4n) is 2.30. The predicted octanol–water partition coefficient (Wildman–Crippen LogP) is 4.67. The molecule has 2 aromatic carbocycles. The Morgan fingerprint density at radius 1 is 1.14 bits per heavy atom. The minimum Gasteiger partial charge on any atom is -0.505 e. The number of hydrogen-bond acceptors (Lipinski definition) is 2. The lowest BCUT2D eigenvalue weighted by Crippen LogP contribution is -2.25. The van der Waals surface area contributed by atoms with Gasteiger partial charge in [-0.05, 0) is 41.3 Å². The minimum atomic E-state index is -0.595. The zero-order valence-corrected chi connectivity index (χ0v) is 12.9. The van der Waals surface area contributed by atoms with Crippen molar-refractivity contribution in [3.8, 4) is 5.75 Å². The quantitative estimate of drug-likeness (QED) is 0.841. The van der Waals surface area contributed by atoms with Gasteiger partial charge in [0, 0.05) is 17.6 Å². The molecule has 0 aromatic heterocycles. The third kappa shape index (κ3) is 4.19. The van der Waals surface area contributed by atoms with E-state index >= 15 is 0 Å². The van der Waals surface area contributed by atoms with Crippen molar-refractivity contribution in [1.29, 1.82) is 0 Å². The molecule has 0 aliphatic rings. The lowest BCUT2D eigenvalue weighted by molar-refractivity contribution is 0.408. The van der Waals surface area contributed by atoms with Crippen LogP contribution in [0, 0.1) is 11.7 Å². The van der Waals surface area contributed by atoms with E-state index in [2.05, 4.69) is 19.2 Å². The minimum absolute atomic E-state index is 0.152. The first-order valence-electron chi connectivity index (χ1n) is 6.93. The number of phenolic OH excluding ortho intramolecular Hbond substituents is 1. The van der Waals surface area contributed by atoms with Gasteiger partial charge in [-0.3, -0.25) is 0 Å². The van der Waals surface area contributed by atoms with Crippen molar-refractivity contribution in [3.63, 3.8) is 0 Å². The molecule has 21 heavy (non-hydrogen) atoms.